The summed E-state index contributed by atoms with van der Waals surface area (Å²) in [7, 11) is 1.58. The maximum Gasteiger partial charge on any atom is 0.266 e. The van der Waals surface area contributed by atoms with Crippen LogP contribution in [0.5, 0.6) is 5.75 Å². The molecule has 4 aromatic rings. The number of aromatic nitrogens is 2. The molecule has 0 saturated carbocycles. The van der Waals surface area contributed by atoms with E-state index in [0.717, 1.165) is 17.3 Å². The van der Waals surface area contributed by atoms with E-state index >= 15 is 0 Å². The fourth-order valence-corrected chi connectivity index (χ4v) is 3.99. The van der Waals surface area contributed by atoms with Gasteiger partial charge in [0.25, 0.3) is 11.5 Å². The number of fused-ring (bicyclic) bond motifs is 1. The number of amides is 1. The number of nitrogens with zero attached hydrogens (tertiary/aromatic N) is 3. The van der Waals surface area contributed by atoms with Crippen molar-refractivity contribution in [2.24, 2.45) is 5.10 Å². The Morgan fingerprint density at radius 2 is 1.85 bits per heavy atom. The van der Waals surface area contributed by atoms with Crippen LogP contribution in [0.2, 0.25) is 5.02 Å². The van der Waals surface area contributed by atoms with Crippen LogP contribution in [-0.2, 0) is 4.79 Å². The van der Waals surface area contributed by atoms with Gasteiger partial charge in [-0.1, -0.05) is 47.6 Å². The van der Waals surface area contributed by atoms with Gasteiger partial charge in [-0.2, -0.15) is 5.10 Å². The Hall–Kier alpha value is -3.62. The molecule has 4 rings (SSSR count). The van der Waals surface area contributed by atoms with Gasteiger partial charge in [-0.3, -0.25) is 14.2 Å². The fourth-order valence-electron chi connectivity index (χ4n) is 3.06. The van der Waals surface area contributed by atoms with E-state index in [4.69, 9.17) is 16.3 Å². The lowest BCUT2D eigenvalue weighted by Gasteiger charge is -2.13. The van der Waals surface area contributed by atoms with Gasteiger partial charge in [0.05, 0.1) is 35.7 Å². The Morgan fingerprint density at radius 1 is 1.12 bits per heavy atom. The van der Waals surface area contributed by atoms with Gasteiger partial charge in [0, 0.05) is 5.02 Å². The third kappa shape index (κ3) is 5.42. The van der Waals surface area contributed by atoms with Gasteiger partial charge < -0.3 is 4.74 Å². The normalized spacial score (nSPS) is 11.1. The summed E-state index contributed by atoms with van der Waals surface area (Å²) in [5.41, 5.74) is 4.27. The predicted molar refractivity (Wildman–Crippen MR) is 132 cm³/mol. The average molecular weight is 479 g/mol. The van der Waals surface area contributed by atoms with Crippen molar-refractivity contribution >= 4 is 46.4 Å². The number of methoxy groups -OCH3 is 1. The Morgan fingerprint density at radius 3 is 2.58 bits per heavy atom. The molecule has 1 aromatic heterocycles. The first-order valence-corrected chi connectivity index (χ1v) is 11.3. The molecule has 0 bridgehead atoms. The topological polar surface area (TPSA) is 85.6 Å². The van der Waals surface area contributed by atoms with E-state index in [-0.39, 0.29) is 17.2 Å². The van der Waals surface area contributed by atoms with E-state index < -0.39 is 0 Å². The summed E-state index contributed by atoms with van der Waals surface area (Å²) in [4.78, 5) is 30.2. The Bertz CT molecular complexity index is 1370. The Balaban J connectivity index is 1.56. The number of rotatable bonds is 7. The zero-order valence-electron chi connectivity index (χ0n) is 17.6. The molecule has 33 heavy (non-hydrogen) atoms. The van der Waals surface area contributed by atoms with Gasteiger partial charge in [-0.05, 0) is 54.1 Å². The second-order valence-corrected chi connectivity index (χ2v) is 8.26. The van der Waals surface area contributed by atoms with E-state index in [1.165, 1.54) is 10.8 Å². The first-order chi connectivity index (χ1) is 16.0. The third-order valence-corrected chi connectivity index (χ3v) is 5.87. The van der Waals surface area contributed by atoms with Crippen molar-refractivity contribution in [3.63, 3.8) is 0 Å². The van der Waals surface area contributed by atoms with E-state index in [1.54, 1.807) is 73.8 Å². The number of ether oxygens (including phenoxy) is 1. The highest BCUT2D eigenvalue weighted by Gasteiger charge is 2.15. The highest BCUT2D eigenvalue weighted by atomic mass is 35.5. The quantitative estimate of drug-likeness (QED) is 0.185. The number of hydrazone groups is 1. The van der Waals surface area contributed by atoms with Crippen molar-refractivity contribution in [3.8, 4) is 11.4 Å². The molecule has 0 radical (unpaired) electrons. The fraction of sp³-hybridized carbons (Fsp3) is 0.0833. The summed E-state index contributed by atoms with van der Waals surface area (Å²) >= 11 is 7.02. The highest BCUT2D eigenvalue weighted by molar-refractivity contribution is 7.99. The number of thioether (sulfide) groups is 1. The minimum atomic E-state index is -0.325. The minimum absolute atomic E-state index is 0.0267. The van der Waals surface area contributed by atoms with Crippen LogP contribution in [0.3, 0.4) is 0 Å². The van der Waals surface area contributed by atoms with Crippen molar-refractivity contribution in [1.82, 2.24) is 15.0 Å². The van der Waals surface area contributed by atoms with E-state index in [1.807, 2.05) is 6.07 Å². The summed E-state index contributed by atoms with van der Waals surface area (Å²) in [6, 6.07) is 21.3. The van der Waals surface area contributed by atoms with Crippen LogP contribution in [0, 0.1) is 0 Å². The van der Waals surface area contributed by atoms with Gasteiger partial charge in [0.15, 0.2) is 5.16 Å². The molecule has 0 aliphatic carbocycles. The van der Waals surface area contributed by atoms with Gasteiger partial charge in [-0.25, -0.2) is 10.4 Å². The average Bonchev–Trinajstić information content (AvgIpc) is 2.84. The summed E-state index contributed by atoms with van der Waals surface area (Å²) in [6.45, 7) is 0. The summed E-state index contributed by atoms with van der Waals surface area (Å²) in [5, 5.41) is 5.49. The van der Waals surface area contributed by atoms with Crippen molar-refractivity contribution in [3.05, 3.63) is 93.7 Å². The molecule has 0 aliphatic rings. The molecule has 1 N–H and O–H groups in total. The minimum Gasteiger partial charge on any atom is -0.497 e. The predicted octanol–water partition coefficient (Wildman–Crippen LogP) is 4.29. The number of benzene rings is 3. The number of para-hydroxylation sites is 1. The van der Waals surface area contributed by atoms with Gasteiger partial charge in [-0.15, -0.1) is 0 Å². The number of halogens is 1. The largest absolute Gasteiger partial charge is 0.497 e. The molecule has 166 valence electrons. The molecular formula is C24H19ClN4O3S. The van der Waals surface area contributed by atoms with Crippen LogP contribution < -0.4 is 15.7 Å². The first kappa shape index (κ1) is 22.6. The van der Waals surface area contributed by atoms with Crippen LogP contribution in [0.4, 0.5) is 0 Å². The molecular weight excluding hydrogens is 460 g/mol. The Labute approximate surface area is 199 Å². The van der Waals surface area contributed by atoms with Crippen LogP contribution in [0.1, 0.15) is 5.56 Å². The van der Waals surface area contributed by atoms with Gasteiger partial charge in [0.1, 0.15) is 5.75 Å². The van der Waals surface area contributed by atoms with Crippen molar-refractivity contribution in [1.29, 1.82) is 0 Å². The smallest absolute Gasteiger partial charge is 0.266 e. The third-order valence-electron chi connectivity index (χ3n) is 4.68. The molecule has 0 aliphatic heterocycles. The van der Waals surface area contributed by atoms with Crippen LogP contribution in [0.15, 0.2) is 87.8 Å². The Kier molecular flexibility index (Phi) is 7.07. The number of hydrogen-bond donors (Lipinski definition) is 1. The molecule has 1 amide bonds. The van der Waals surface area contributed by atoms with Crippen molar-refractivity contribution in [2.45, 2.75) is 5.16 Å². The molecule has 9 heteroatoms. The molecule has 0 saturated heterocycles. The molecule has 7 nitrogen and oxygen atoms in total. The standard InChI is InChI=1S/C24H19ClN4O3S/c1-32-19-12-10-18(11-13-19)29-23(31)20-4-2-3-5-21(20)27-24(29)33-15-22(30)28-26-14-16-6-8-17(25)9-7-16/h2-14H,15H2,1H3,(H,28,30)/b26-14+. The maximum absolute atomic E-state index is 13.2. The number of carbonyl (C=O) groups is 1. The summed E-state index contributed by atoms with van der Waals surface area (Å²) < 4.78 is 6.71. The molecule has 1 heterocycles. The lowest BCUT2D eigenvalue weighted by molar-refractivity contribution is -0.118. The zero-order chi connectivity index (χ0) is 23.2. The molecule has 0 spiro atoms. The number of carbonyl (C=O) groups excluding carboxylic acids is 1. The lowest BCUT2D eigenvalue weighted by Crippen LogP contribution is -2.24. The highest BCUT2D eigenvalue weighted by Crippen LogP contribution is 2.22. The van der Waals surface area contributed by atoms with Crippen LogP contribution in [0.25, 0.3) is 16.6 Å². The van der Waals surface area contributed by atoms with Crippen LogP contribution in [-0.4, -0.2) is 34.5 Å². The van der Waals surface area contributed by atoms with Crippen molar-refractivity contribution in [2.75, 3.05) is 12.9 Å². The SMILES string of the molecule is COc1ccc(-n2c(SCC(=O)N/N=C/c3ccc(Cl)cc3)nc3ccccc3c2=O)cc1. The molecule has 3 aromatic carbocycles. The first-order valence-electron chi connectivity index (χ1n) is 9.91. The van der Waals surface area contributed by atoms with E-state index in [0.29, 0.717) is 32.5 Å². The lowest BCUT2D eigenvalue weighted by atomic mass is 10.2. The van der Waals surface area contributed by atoms with Gasteiger partial charge in [0.2, 0.25) is 0 Å². The van der Waals surface area contributed by atoms with Crippen LogP contribution >= 0.6 is 23.4 Å². The summed E-state index contributed by atoms with van der Waals surface area (Å²) in [6.07, 6.45) is 1.53. The molecule has 0 fully saturated rings. The van der Waals surface area contributed by atoms with Gasteiger partial charge >= 0.3 is 0 Å². The molecule has 0 unspecified atom stereocenters. The molecule has 0 atom stereocenters. The van der Waals surface area contributed by atoms with E-state index in [9.17, 15) is 9.59 Å². The van der Waals surface area contributed by atoms with E-state index in [2.05, 4.69) is 15.5 Å². The monoisotopic (exact) mass is 478 g/mol. The number of nitrogens with one attached hydrogen (secondary N) is 1. The zero-order valence-corrected chi connectivity index (χ0v) is 19.1. The summed E-state index contributed by atoms with van der Waals surface area (Å²) in [5.74, 6) is 0.375. The second kappa shape index (κ2) is 10.3. The van der Waals surface area contributed by atoms with Crippen molar-refractivity contribution < 1.29 is 9.53 Å². The maximum atomic E-state index is 13.2. The number of hydrogen-bond acceptors (Lipinski definition) is 6. The second-order valence-electron chi connectivity index (χ2n) is 6.88.